The smallest absolute Gasteiger partial charge is 0.250 e. The number of hydrogen-bond donors (Lipinski definition) is 3. The molecule has 3 unspecified atom stereocenters. The van der Waals surface area contributed by atoms with E-state index >= 15 is 0 Å². The van der Waals surface area contributed by atoms with Gasteiger partial charge in [0.05, 0.1) is 12.1 Å². The van der Waals surface area contributed by atoms with E-state index in [1.165, 1.54) is 0 Å². The Hall–Kier alpha value is -0.650. The summed E-state index contributed by atoms with van der Waals surface area (Å²) in [6.07, 6.45) is 0.646. The van der Waals surface area contributed by atoms with Crippen LogP contribution in [0, 0.1) is 5.92 Å². The molecule has 0 aliphatic carbocycles. The highest BCUT2D eigenvalue weighted by Gasteiger charge is 2.31. The van der Waals surface area contributed by atoms with Crippen LogP contribution in [0.5, 0.6) is 0 Å². The first-order valence-electron chi connectivity index (χ1n) is 4.98. The second-order valence-corrected chi connectivity index (χ2v) is 3.97. The van der Waals surface area contributed by atoms with E-state index < -0.39 is 0 Å². The van der Waals surface area contributed by atoms with Gasteiger partial charge in [0.15, 0.2) is 0 Å². The van der Waals surface area contributed by atoms with Crippen LogP contribution in [0.2, 0.25) is 0 Å². The summed E-state index contributed by atoms with van der Waals surface area (Å²) in [5.41, 5.74) is 2.14. The average Bonchev–Trinajstić information content (AvgIpc) is 2.64. The lowest BCUT2D eigenvalue weighted by molar-refractivity contribution is -0.125. The Bertz CT molecular complexity index is 208. The summed E-state index contributed by atoms with van der Waals surface area (Å²) in [5.74, 6) is 5.17. The van der Waals surface area contributed by atoms with Gasteiger partial charge in [0.2, 0.25) is 0 Å². The van der Waals surface area contributed by atoms with E-state index in [2.05, 4.69) is 5.43 Å². The zero-order chi connectivity index (χ0) is 10.7. The Morgan fingerprint density at radius 2 is 2.29 bits per heavy atom. The molecular weight excluding hydrogens is 182 g/mol. The number of carbonyl (C=O) groups excluding carboxylic acids is 1. The Morgan fingerprint density at radius 1 is 1.64 bits per heavy atom. The number of nitrogens with two attached hydrogens (primary N) is 1. The minimum absolute atomic E-state index is 0.170. The zero-order valence-corrected chi connectivity index (χ0v) is 8.73. The third-order valence-corrected chi connectivity index (χ3v) is 3.01. The number of aliphatic hydroxyl groups is 1. The Balaban J connectivity index is 2.45. The molecule has 1 heterocycles. The molecule has 0 saturated carbocycles. The maximum absolute atomic E-state index is 11.2. The number of likely N-dealkylation sites (tertiary alicyclic amines) is 1. The fourth-order valence-electron chi connectivity index (χ4n) is 1.85. The van der Waals surface area contributed by atoms with Crippen LogP contribution in [-0.4, -0.2) is 41.1 Å². The SMILES string of the molecule is CC(O)C1CCN(C(C)C(=O)NN)C1. The third kappa shape index (κ3) is 2.43. The number of nitrogens with one attached hydrogen (secondary N) is 1. The molecule has 0 radical (unpaired) electrons. The monoisotopic (exact) mass is 201 g/mol. The van der Waals surface area contributed by atoms with Crippen LogP contribution in [-0.2, 0) is 4.79 Å². The number of hydrogen-bond acceptors (Lipinski definition) is 4. The van der Waals surface area contributed by atoms with Gasteiger partial charge >= 0.3 is 0 Å². The Labute approximate surface area is 84.2 Å². The molecule has 0 spiro atoms. The number of nitrogens with zero attached hydrogens (tertiary/aromatic N) is 1. The van der Waals surface area contributed by atoms with Crippen LogP contribution in [0.25, 0.3) is 0 Å². The van der Waals surface area contributed by atoms with Gasteiger partial charge in [-0.15, -0.1) is 0 Å². The molecule has 0 aromatic carbocycles. The van der Waals surface area contributed by atoms with Crippen LogP contribution >= 0.6 is 0 Å². The second-order valence-electron chi connectivity index (χ2n) is 3.97. The Kier molecular flexibility index (Phi) is 3.86. The number of rotatable bonds is 3. The number of amides is 1. The van der Waals surface area contributed by atoms with Crippen molar-refractivity contribution in [3.63, 3.8) is 0 Å². The van der Waals surface area contributed by atoms with Gasteiger partial charge in [0.1, 0.15) is 0 Å². The van der Waals surface area contributed by atoms with Crippen LogP contribution < -0.4 is 11.3 Å². The first kappa shape index (κ1) is 11.4. The van der Waals surface area contributed by atoms with Crippen molar-refractivity contribution >= 4 is 5.91 Å². The molecule has 1 saturated heterocycles. The molecule has 14 heavy (non-hydrogen) atoms. The summed E-state index contributed by atoms with van der Waals surface area (Å²) in [6.45, 7) is 5.24. The van der Waals surface area contributed by atoms with Crippen molar-refractivity contribution < 1.29 is 9.90 Å². The maximum Gasteiger partial charge on any atom is 0.250 e. The first-order chi connectivity index (χ1) is 6.56. The molecule has 0 aromatic rings. The van der Waals surface area contributed by atoms with E-state index in [4.69, 9.17) is 5.84 Å². The van der Waals surface area contributed by atoms with Gasteiger partial charge in [-0.25, -0.2) is 5.84 Å². The van der Waals surface area contributed by atoms with E-state index in [0.29, 0.717) is 0 Å². The van der Waals surface area contributed by atoms with Crippen LogP contribution in [0.4, 0.5) is 0 Å². The molecule has 5 heteroatoms. The predicted molar refractivity (Wildman–Crippen MR) is 53.2 cm³/mol. The molecule has 1 rings (SSSR count). The molecule has 1 aliphatic heterocycles. The minimum Gasteiger partial charge on any atom is -0.393 e. The van der Waals surface area contributed by atoms with E-state index in [1.54, 1.807) is 6.92 Å². The van der Waals surface area contributed by atoms with Gasteiger partial charge in [0.25, 0.3) is 5.91 Å². The lowest BCUT2D eigenvalue weighted by Crippen LogP contribution is -2.46. The van der Waals surface area contributed by atoms with Crippen molar-refractivity contribution in [1.82, 2.24) is 10.3 Å². The van der Waals surface area contributed by atoms with E-state index in [-0.39, 0.29) is 24.0 Å². The van der Waals surface area contributed by atoms with Gasteiger partial charge in [-0.05, 0) is 32.7 Å². The summed E-state index contributed by atoms with van der Waals surface area (Å²) in [4.78, 5) is 13.3. The summed E-state index contributed by atoms with van der Waals surface area (Å²) in [6, 6.07) is -0.205. The summed E-state index contributed by atoms with van der Waals surface area (Å²) < 4.78 is 0. The largest absolute Gasteiger partial charge is 0.393 e. The second kappa shape index (κ2) is 4.72. The van der Waals surface area contributed by atoms with E-state index in [0.717, 1.165) is 19.5 Å². The molecule has 4 N–H and O–H groups in total. The number of aliphatic hydroxyl groups excluding tert-OH is 1. The lowest BCUT2D eigenvalue weighted by atomic mass is 10.0. The minimum atomic E-state index is -0.298. The fraction of sp³-hybridized carbons (Fsp3) is 0.889. The van der Waals surface area contributed by atoms with Gasteiger partial charge in [0, 0.05) is 6.54 Å². The molecular formula is C9H19N3O2. The molecule has 82 valence electrons. The van der Waals surface area contributed by atoms with Gasteiger partial charge < -0.3 is 5.11 Å². The molecule has 0 aromatic heterocycles. The summed E-state index contributed by atoms with van der Waals surface area (Å²) >= 11 is 0. The van der Waals surface area contributed by atoms with Crippen molar-refractivity contribution in [2.24, 2.45) is 11.8 Å². The van der Waals surface area contributed by atoms with E-state index in [1.807, 2.05) is 11.8 Å². The van der Waals surface area contributed by atoms with Gasteiger partial charge in [-0.3, -0.25) is 15.1 Å². The molecule has 0 bridgehead atoms. The number of hydrazine groups is 1. The van der Waals surface area contributed by atoms with Crippen molar-refractivity contribution in [2.75, 3.05) is 13.1 Å². The maximum atomic E-state index is 11.2. The molecule has 5 nitrogen and oxygen atoms in total. The molecule has 3 atom stereocenters. The average molecular weight is 201 g/mol. The quantitative estimate of drug-likeness (QED) is 0.313. The van der Waals surface area contributed by atoms with Crippen molar-refractivity contribution in [3.8, 4) is 0 Å². The summed E-state index contributed by atoms with van der Waals surface area (Å²) in [5, 5.41) is 9.40. The Morgan fingerprint density at radius 3 is 2.71 bits per heavy atom. The van der Waals surface area contributed by atoms with Crippen molar-refractivity contribution in [1.29, 1.82) is 0 Å². The predicted octanol–water partition coefficient (Wildman–Crippen LogP) is -0.932. The molecule has 1 aliphatic rings. The third-order valence-electron chi connectivity index (χ3n) is 3.01. The van der Waals surface area contributed by atoms with Gasteiger partial charge in [-0.2, -0.15) is 0 Å². The molecule has 1 fully saturated rings. The first-order valence-corrected chi connectivity index (χ1v) is 4.98. The topological polar surface area (TPSA) is 78.6 Å². The highest BCUT2D eigenvalue weighted by atomic mass is 16.3. The number of carbonyl (C=O) groups is 1. The van der Waals surface area contributed by atoms with Crippen LogP contribution in [0.15, 0.2) is 0 Å². The van der Waals surface area contributed by atoms with Crippen LogP contribution in [0.3, 0.4) is 0 Å². The van der Waals surface area contributed by atoms with Crippen molar-refractivity contribution in [2.45, 2.75) is 32.4 Å². The van der Waals surface area contributed by atoms with Crippen molar-refractivity contribution in [3.05, 3.63) is 0 Å². The van der Waals surface area contributed by atoms with Gasteiger partial charge in [-0.1, -0.05) is 0 Å². The van der Waals surface area contributed by atoms with E-state index in [9.17, 15) is 9.90 Å². The molecule has 1 amide bonds. The highest BCUT2D eigenvalue weighted by molar-refractivity contribution is 5.80. The lowest BCUT2D eigenvalue weighted by Gasteiger charge is -2.22. The van der Waals surface area contributed by atoms with Crippen LogP contribution in [0.1, 0.15) is 20.3 Å². The zero-order valence-electron chi connectivity index (χ0n) is 8.73. The normalized spacial score (nSPS) is 27.3. The standard InChI is InChI=1S/C9H19N3O2/c1-6(9(14)11-10)12-4-3-8(5-12)7(2)13/h6-8,13H,3-5,10H2,1-2H3,(H,11,14). The fourth-order valence-corrected chi connectivity index (χ4v) is 1.85. The summed E-state index contributed by atoms with van der Waals surface area (Å²) in [7, 11) is 0. The highest BCUT2D eigenvalue weighted by Crippen LogP contribution is 2.21.